The zero-order valence-electron chi connectivity index (χ0n) is 22.4. The van der Waals surface area contributed by atoms with Gasteiger partial charge in [-0.3, -0.25) is 24.2 Å². The van der Waals surface area contributed by atoms with E-state index in [1.165, 1.54) is 18.6 Å². The highest BCUT2D eigenvalue weighted by atomic mass is 16.8. The number of carboxylic acids is 1. The third-order valence-corrected chi connectivity index (χ3v) is 6.73. The maximum absolute atomic E-state index is 13.7. The monoisotopic (exact) mass is 554 g/mol. The number of carbonyl (C=O) groups excluding carboxylic acids is 4. The first-order chi connectivity index (χ1) is 19.1. The van der Waals surface area contributed by atoms with Gasteiger partial charge in [0.15, 0.2) is 0 Å². The lowest BCUT2D eigenvalue weighted by atomic mass is 9.64. The molecular weight excluding hydrogens is 523 g/mol. The van der Waals surface area contributed by atoms with Gasteiger partial charge in [-0.1, -0.05) is 50.6 Å². The van der Waals surface area contributed by atoms with Crippen molar-refractivity contribution in [2.24, 2.45) is 5.92 Å². The third kappa shape index (κ3) is 6.28. The second-order valence-corrected chi connectivity index (χ2v) is 10.2. The van der Waals surface area contributed by atoms with Gasteiger partial charge in [0.2, 0.25) is 11.5 Å². The van der Waals surface area contributed by atoms with Gasteiger partial charge in [-0.15, -0.1) is 0 Å². The van der Waals surface area contributed by atoms with Crippen molar-refractivity contribution < 1.29 is 42.7 Å². The molecule has 4 rings (SSSR count). The number of nitrogens with zero attached hydrogens (tertiary/aromatic N) is 2. The molecule has 212 valence electrons. The van der Waals surface area contributed by atoms with Crippen molar-refractivity contribution in [3.63, 3.8) is 0 Å². The maximum Gasteiger partial charge on any atom is 0.594 e. The maximum atomic E-state index is 13.7. The summed E-state index contributed by atoms with van der Waals surface area (Å²) in [5.74, 6) is -4.75. The molecule has 2 fully saturated rings. The van der Waals surface area contributed by atoms with Gasteiger partial charge >= 0.3 is 18.7 Å². The number of esters is 1. The van der Waals surface area contributed by atoms with Crippen LogP contribution in [0.25, 0.3) is 0 Å². The molecule has 2 aromatic rings. The Labute approximate surface area is 230 Å². The molecule has 0 aliphatic carbocycles. The Morgan fingerprint density at radius 1 is 1.15 bits per heavy atom. The van der Waals surface area contributed by atoms with Gasteiger partial charge < -0.3 is 29.3 Å². The predicted octanol–water partition coefficient (Wildman–Crippen LogP) is 0.160. The summed E-state index contributed by atoms with van der Waals surface area (Å²) in [5.41, 5.74) is -1.08. The fraction of sp³-hybridized carbons (Fsp3) is 0.423. The predicted molar refractivity (Wildman–Crippen MR) is 139 cm³/mol. The standard InChI is InChI=1S/C26H31BN4O9/c1-16(2)11-20(27-38-22(33)14-26(40-27,25(36)39-27)13-21(32)37-3)31-23(34)18(12-17-7-5-4-6-8-17)30-24(35)19-15-28-9-10-29-19/h4-10,15-16,18,20,39H,11-14H2,1-3H3,(H,30,35)(H,31,34)/t18-,20-,26+,27?/m0/s1. The summed E-state index contributed by atoms with van der Waals surface area (Å²) in [6.45, 7) is 0.684. The molecule has 2 aliphatic rings. The number of fused-ring (bicyclic) bond motifs is 2. The average Bonchev–Trinajstić information content (AvgIpc) is 3.13. The molecule has 2 amide bonds. The lowest BCUT2D eigenvalue weighted by Crippen LogP contribution is -2.67. The molecular formula is C26H31BN4O9. The third-order valence-electron chi connectivity index (χ3n) is 6.73. The van der Waals surface area contributed by atoms with Crippen LogP contribution in [0.2, 0.25) is 0 Å². The summed E-state index contributed by atoms with van der Waals surface area (Å²) in [5, 5.41) is 5.50. The summed E-state index contributed by atoms with van der Waals surface area (Å²) >= 11 is 0. The summed E-state index contributed by atoms with van der Waals surface area (Å²) < 4.78 is 20.3. The molecule has 0 spiro atoms. The van der Waals surface area contributed by atoms with Crippen LogP contribution in [-0.2, 0) is 39.6 Å². The van der Waals surface area contributed by atoms with E-state index in [9.17, 15) is 24.0 Å². The number of aromatic nitrogens is 2. The fourth-order valence-electron chi connectivity index (χ4n) is 4.89. The summed E-state index contributed by atoms with van der Waals surface area (Å²) in [7, 11) is 1.15. The number of carbonyl (C=O) groups is 5. The molecule has 0 saturated carbocycles. The smallest absolute Gasteiger partial charge is 0.594 e. The van der Waals surface area contributed by atoms with E-state index in [1.807, 2.05) is 19.9 Å². The zero-order chi connectivity index (χ0) is 28.9. The second kappa shape index (κ2) is 11.8. The Balaban J connectivity index is 1.62. The first-order valence-electron chi connectivity index (χ1n) is 12.9. The fourth-order valence-corrected chi connectivity index (χ4v) is 4.89. The Kier molecular flexibility index (Phi) is 8.47. The van der Waals surface area contributed by atoms with Crippen LogP contribution in [0.1, 0.15) is 49.2 Å². The number of aliphatic carboxylic acids is 1. The van der Waals surface area contributed by atoms with Gasteiger partial charge in [-0.05, 0) is 11.5 Å². The minimum atomic E-state index is -3.05. The largest absolute Gasteiger partial charge is 0.715 e. The number of nitrogens with one attached hydrogen (secondary N) is 2. The molecule has 0 radical (unpaired) electrons. The van der Waals surface area contributed by atoms with Crippen molar-refractivity contribution in [1.82, 2.24) is 20.6 Å². The number of methoxy groups -OCH3 is 1. The van der Waals surface area contributed by atoms with E-state index in [1.54, 1.807) is 24.3 Å². The van der Waals surface area contributed by atoms with Gasteiger partial charge in [0.1, 0.15) is 11.7 Å². The number of hydrogen-bond acceptors (Lipinski definition) is 10. The molecule has 4 atom stereocenters. The van der Waals surface area contributed by atoms with Crippen LogP contribution in [0.3, 0.4) is 0 Å². The number of ether oxygens (including phenoxy) is 1. The van der Waals surface area contributed by atoms with Crippen molar-refractivity contribution in [3.8, 4) is 0 Å². The van der Waals surface area contributed by atoms with Gasteiger partial charge in [0.25, 0.3) is 11.9 Å². The lowest BCUT2D eigenvalue weighted by molar-refractivity contribution is -0.163. The van der Waals surface area contributed by atoms with Crippen molar-refractivity contribution >= 4 is 36.5 Å². The highest BCUT2D eigenvalue weighted by molar-refractivity contribution is 6.67. The van der Waals surface area contributed by atoms with Crippen LogP contribution < -0.4 is 10.6 Å². The molecule has 1 aromatic heterocycles. The summed E-state index contributed by atoms with van der Waals surface area (Å²) in [6, 6.07) is 7.96. The van der Waals surface area contributed by atoms with Crippen molar-refractivity contribution in [2.75, 3.05) is 7.11 Å². The Hall–Kier alpha value is -4.33. The highest BCUT2D eigenvalue weighted by Gasteiger charge is 2.70. The number of rotatable bonds is 11. The Morgan fingerprint density at radius 2 is 1.90 bits per heavy atom. The number of hydrogen-bond donors (Lipinski definition) is 2. The molecule has 3 heterocycles. The van der Waals surface area contributed by atoms with E-state index in [0.717, 1.165) is 12.7 Å². The molecule has 14 heteroatoms. The molecule has 2 bridgehead atoms. The van der Waals surface area contributed by atoms with E-state index in [-0.39, 0.29) is 24.5 Å². The Morgan fingerprint density at radius 3 is 2.55 bits per heavy atom. The normalized spacial score (nSPS) is 23.0. The molecule has 13 nitrogen and oxygen atoms in total. The minimum absolute atomic E-state index is 0.0171. The minimum Gasteiger partial charge on any atom is -0.715 e. The molecule has 40 heavy (non-hydrogen) atoms. The first kappa shape index (κ1) is 28.7. The topological polar surface area (TPSA) is 176 Å². The highest BCUT2D eigenvalue weighted by Crippen LogP contribution is 2.41. The quantitative estimate of drug-likeness (QED) is 0.221. The van der Waals surface area contributed by atoms with Crippen LogP contribution >= 0.6 is 0 Å². The molecule has 2 saturated heterocycles. The van der Waals surface area contributed by atoms with Gasteiger partial charge in [0.05, 0.1) is 26.1 Å². The SMILES string of the molecule is COC(=O)C[C@]12CC(=O)O[B-]([C@H](CC(C)C)NC(=O)[C@H](Cc3ccccc3)NC(=O)c3cnccn3)(O1)[OH+]C2=O. The number of amides is 2. The second-order valence-electron chi connectivity index (χ2n) is 10.2. The molecule has 2 aliphatic heterocycles. The summed E-state index contributed by atoms with van der Waals surface area (Å²) in [4.78, 5) is 72.3. The lowest BCUT2D eigenvalue weighted by Gasteiger charge is -2.43. The van der Waals surface area contributed by atoms with Gasteiger partial charge in [-0.25, -0.2) is 4.98 Å². The van der Waals surface area contributed by atoms with E-state index in [4.69, 9.17) is 9.31 Å². The van der Waals surface area contributed by atoms with E-state index >= 15 is 0 Å². The van der Waals surface area contributed by atoms with Crippen molar-refractivity contribution in [3.05, 3.63) is 60.2 Å². The molecule has 1 unspecified atom stereocenters. The van der Waals surface area contributed by atoms with E-state index in [2.05, 4.69) is 30.0 Å². The van der Waals surface area contributed by atoms with E-state index < -0.39 is 66.9 Å². The Bertz CT molecular complexity index is 1280. The molecule has 1 aromatic carbocycles. The summed E-state index contributed by atoms with van der Waals surface area (Å²) in [6.07, 6.45) is 3.33. The molecule has 3 N–H and O–H groups in total. The van der Waals surface area contributed by atoms with Crippen molar-refractivity contribution in [2.45, 2.75) is 57.1 Å². The average molecular weight is 554 g/mol. The van der Waals surface area contributed by atoms with Gasteiger partial charge in [0, 0.05) is 29.6 Å². The van der Waals surface area contributed by atoms with E-state index in [0.29, 0.717) is 0 Å². The first-order valence-corrected chi connectivity index (χ1v) is 12.9. The number of benzene rings is 1. The van der Waals surface area contributed by atoms with Gasteiger partial charge in [-0.2, -0.15) is 0 Å². The van der Waals surface area contributed by atoms with Crippen LogP contribution in [0, 0.1) is 5.92 Å². The van der Waals surface area contributed by atoms with Crippen LogP contribution in [-0.4, -0.2) is 75.8 Å². The van der Waals surface area contributed by atoms with Crippen LogP contribution in [0.15, 0.2) is 48.9 Å². The van der Waals surface area contributed by atoms with Crippen molar-refractivity contribution in [1.29, 1.82) is 0 Å². The van der Waals surface area contributed by atoms with Crippen LogP contribution in [0.5, 0.6) is 0 Å². The zero-order valence-corrected chi connectivity index (χ0v) is 22.4. The van der Waals surface area contributed by atoms with Crippen LogP contribution in [0.4, 0.5) is 0 Å².